The molecule has 1 fully saturated rings. The second-order valence-corrected chi connectivity index (χ2v) is 3.88. The summed E-state index contributed by atoms with van der Waals surface area (Å²) in [5.74, 6) is 0.204. The van der Waals surface area contributed by atoms with Crippen LogP contribution in [0.1, 0.15) is 19.8 Å². The number of carbonyl (C=O) groups excluding carboxylic acids is 2. The predicted molar refractivity (Wildman–Crippen MR) is 61.2 cm³/mol. The first kappa shape index (κ1) is 12.6. The quantitative estimate of drug-likeness (QED) is 0.711. The minimum atomic E-state index is -0.677. The summed E-state index contributed by atoms with van der Waals surface area (Å²) in [5.41, 5.74) is 2.78. The summed E-state index contributed by atoms with van der Waals surface area (Å²) in [6.07, 6.45) is 0.197. The van der Waals surface area contributed by atoms with Gasteiger partial charge >= 0.3 is 12.0 Å². The van der Waals surface area contributed by atoms with Gasteiger partial charge in [-0.05, 0) is 0 Å². The fraction of sp³-hybridized carbons (Fsp3) is 0.700. The van der Waals surface area contributed by atoms with Crippen molar-refractivity contribution in [2.75, 3.05) is 20.2 Å². The molecule has 1 N–H and O–H groups in total. The van der Waals surface area contributed by atoms with Gasteiger partial charge in [-0.25, -0.2) is 9.69 Å². The second-order valence-electron chi connectivity index (χ2n) is 3.88. The molecule has 0 radical (unpaired) electrons. The first-order valence-electron chi connectivity index (χ1n) is 5.81. The van der Waals surface area contributed by atoms with Gasteiger partial charge in [0.1, 0.15) is 12.4 Å². The molecule has 2 aliphatic rings. The van der Waals surface area contributed by atoms with Crippen LogP contribution in [-0.2, 0) is 14.4 Å². The minimum absolute atomic E-state index is 0.181. The molecule has 0 spiro atoms. The molecule has 2 aliphatic heterocycles. The Morgan fingerprint density at radius 2 is 2.39 bits per heavy atom. The molecule has 8 nitrogen and oxygen atoms in total. The smallest absolute Gasteiger partial charge is 0.352 e. The van der Waals surface area contributed by atoms with E-state index in [4.69, 9.17) is 9.57 Å². The lowest BCUT2D eigenvalue weighted by atomic mass is 10.3. The molecule has 1 atom stereocenters. The lowest BCUT2D eigenvalue weighted by molar-refractivity contribution is -0.154. The van der Waals surface area contributed by atoms with Gasteiger partial charge in [-0.2, -0.15) is 10.2 Å². The molecule has 1 unspecified atom stereocenters. The number of carbonyl (C=O) groups is 2. The third-order valence-corrected chi connectivity index (χ3v) is 2.75. The van der Waals surface area contributed by atoms with E-state index in [2.05, 4.69) is 10.5 Å². The molecule has 1 saturated heterocycles. The highest BCUT2D eigenvalue weighted by molar-refractivity contribution is 5.99. The maximum absolute atomic E-state index is 12.0. The maximum atomic E-state index is 12.0. The summed E-state index contributed by atoms with van der Waals surface area (Å²) < 4.78 is 5.22. The third-order valence-electron chi connectivity index (χ3n) is 2.75. The highest BCUT2D eigenvalue weighted by atomic mass is 16.7. The predicted octanol–water partition coefficient (Wildman–Crippen LogP) is -0.129. The van der Waals surface area contributed by atoms with Crippen molar-refractivity contribution in [3.05, 3.63) is 0 Å². The minimum Gasteiger partial charge on any atom is -0.439 e. The molecule has 2 amide bonds. The molecule has 0 bridgehead atoms. The van der Waals surface area contributed by atoms with Crippen LogP contribution in [0.15, 0.2) is 5.10 Å². The Hall–Kier alpha value is -1.83. The van der Waals surface area contributed by atoms with Crippen molar-refractivity contribution in [3.8, 4) is 0 Å². The summed E-state index contributed by atoms with van der Waals surface area (Å²) in [7, 11) is 1.40. The van der Waals surface area contributed by atoms with Crippen LogP contribution in [0.4, 0.5) is 4.79 Å². The molecular formula is C10H16N4O4. The van der Waals surface area contributed by atoms with Crippen molar-refractivity contribution in [3.63, 3.8) is 0 Å². The number of amides is 2. The Balaban J connectivity index is 2.15. The number of hydrazone groups is 1. The number of hydrogen-bond donors (Lipinski definition) is 1. The van der Waals surface area contributed by atoms with Gasteiger partial charge in [0.15, 0.2) is 0 Å². The van der Waals surface area contributed by atoms with E-state index in [-0.39, 0.29) is 25.0 Å². The number of rotatable bonds is 3. The van der Waals surface area contributed by atoms with Crippen LogP contribution in [0.5, 0.6) is 0 Å². The number of nitrogens with zero attached hydrogens (tertiary/aromatic N) is 3. The molecule has 0 aromatic heterocycles. The number of urea groups is 1. The fourth-order valence-electron chi connectivity index (χ4n) is 1.84. The molecule has 2 heterocycles. The van der Waals surface area contributed by atoms with Crippen LogP contribution in [0, 0.1) is 0 Å². The van der Waals surface area contributed by atoms with Crippen LogP contribution in [0.25, 0.3) is 0 Å². The number of amidine groups is 1. The van der Waals surface area contributed by atoms with Gasteiger partial charge in [-0.1, -0.05) is 6.92 Å². The summed E-state index contributed by atoms with van der Waals surface area (Å²) >= 11 is 0. The molecule has 8 heteroatoms. The summed E-state index contributed by atoms with van der Waals surface area (Å²) in [6.45, 7) is 2.55. The van der Waals surface area contributed by atoms with Gasteiger partial charge in [0.25, 0.3) is 0 Å². The van der Waals surface area contributed by atoms with Gasteiger partial charge in [0.05, 0.1) is 7.11 Å². The Kier molecular flexibility index (Phi) is 3.66. The zero-order chi connectivity index (χ0) is 13.1. The first-order chi connectivity index (χ1) is 8.67. The number of esters is 1. The van der Waals surface area contributed by atoms with Crippen LogP contribution in [0.2, 0.25) is 0 Å². The zero-order valence-electron chi connectivity index (χ0n) is 10.4. The van der Waals surface area contributed by atoms with Crippen LogP contribution in [0.3, 0.4) is 0 Å². The van der Waals surface area contributed by atoms with Crippen molar-refractivity contribution in [2.24, 2.45) is 5.10 Å². The van der Waals surface area contributed by atoms with Crippen LogP contribution in [-0.4, -0.2) is 54.2 Å². The molecule has 2 rings (SSSR count). The van der Waals surface area contributed by atoms with Gasteiger partial charge in [-0.3, -0.25) is 9.63 Å². The largest absolute Gasteiger partial charge is 0.439 e. The Morgan fingerprint density at radius 3 is 2.94 bits per heavy atom. The van der Waals surface area contributed by atoms with Crippen LogP contribution < -0.4 is 5.43 Å². The van der Waals surface area contributed by atoms with E-state index in [0.717, 1.165) is 5.06 Å². The monoisotopic (exact) mass is 256 g/mol. The first-order valence-corrected chi connectivity index (χ1v) is 5.81. The van der Waals surface area contributed by atoms with Gasteiger partial charge < -0.3 is 10.2 Å². The summed E-state index contributed by atoms with van der Waals surface area (Å²) in [4.78, 5) is 29.7. The van der Waals surface area contributed by atoms with Gasteiger partial charge in [0.2, 0.25) is 6.23 Å². The molecule has 0 aromatic rings. The lowest BCUT2D eigenvalue weighted by Crippen LogP contribution is -2.41. The average Bonchev–Trinajstić information content (AvgIpc) is 2.97. The van der Waals surface area contributed by atoms with Crippen molar-refractivity contribution in [2.45, 2.75) is 26.0 Å². The van der Waals surface area contributed by atoms with E-state index < -0.39 is 6.23 Å². The average molecular weight is 256 g/mol. The summed E-state index contributed by atoms with van der Waals surface area (Å²) in [6, 6.07) is -0.367. The lowest BCUT2D eigenvalue weighted by Gasteiger charge is -2.21. The molecule has 100 valence electrons. The van der Waals surface area contributed by atoms with E-state index in [1.54, 1.807) is 6.92 Å². The number of hydrogen-bond acceptors (Lipinski definition) is 6. The normalized spacial score (nSPS) is 23.1. The van der Waals surface area contributed by atoms with E-state index in [9.17, 15) is 9.59 Å². The highest BCUT2D eigenvalue weighted by Gasteiger charge is 2.43. The highest BCUT2D eigenvalue weighted by Crippen LogP contribution is 2.20. The molecular weight excluding hydrogens is 240 g/mol. The van der Waals surface area contributed by atoms with E-state index in [0.29, 0.717) is 18.8 Å². The number of nitrogens with one attached hydrogen (secondary N) is 1. The Bertz CT molecular complexity index is 384. The maximum Gasteiger partial charge on any atom is 0.352 e. The number of ether oxygens (including phenoxy) is 1. The zero-order valence-corrected chi connectivity index (χ0v) is 10.4. The van der Waals surface area contributed by atoms with Crippen molar-refractivity contribution in [1.82, 2.24) is 15.4 Å². The standard InChI is InChI=1S/C10H16N4O4/c1-3-9(15)18-8-6-13(17-2)10(16)14(8)7-4-5-11-12-7/h8,11H,3-6H2,1-2H3. The van der Waals surface area contributed by atoms with Crippen LogP contribution >= 0.6 is 0 Å². The topological polar surface area (TPSA) is 83.5 Å². The summed E-state index contributed by atoms with van der Waals surface area (Å²) in [5, 5.41) is 5.17. The number of hydroxylamine groups is 2. The second kappa shape index (κ2) is 5.21. The van der Waals surface area contributed by atoms with Crippen molar-refractivity contribution in [1.29, 1.82) is 0 Å². The van der Waals surface area contributed by atoms with E-state index >= 15 is 0 Å². The Morgan fingerprint density at radius 1 is 1.61 bits per heavy atom. The van der Waals surface area contributed by atoms with E-state index in [1.807, 2.05) is 0 Å². The molecule has 0 aliphatic carbocycles. The van der Waals surface area contributed by atoms with Crippen molar-refractivity contribution < 1.29 is 19.2 Å². The van der Waals surface area contributed by atoms with Gasteiger partial charge in [0, 0.05) is 19.4 Å². The molecule has 0 aromatic carbocycles. The van der Waals surface area contributed by atoms with E-state index in [1.165, 1.54) is 12.0 Å². The molecule has 0 saturated carbocycles. The van der Waals surface area contributed by atoms with Crippen molar-refractivity contribution >= 4 is 17.8 Å². The SMILES string of the molecule is CCC(=O)OC1CN(OC)C(=O)N1C1=NNCC1. The fourth-order valence-corrected chi connectivity index (χ4v) is 1.84. The third kappa shape index (κ3) is 2.23. The van der Waals surface area contributed by atoms with Gasteiger partial charge in [-0.15, -0.1) is 0 Å². The molecule has 18 heavy (non-hydrogen) atoms. The Labute approximate surface area is 104 Å².